The maximum absolute atomic E-state index is 12.2. The van der Waals surface area contributed by atoms with Gasteiger partial charge in [0.2, 0.25) is 0 Å². The number of nitrogens with zero attached hydrogens (tertiary/aromatic N) is 1. The van der Waals surface area contributed by atoms with Gasteiger partial charge in [-0.05, 0) is 18.4 Å². The lowest BCUT2D eigenvalue weighted by Crippen LogP contribution is -2.56. The van der Waals surface area contributed by atoms with Crippen molar-refractivity contribution >= 4 is 12.1 Å². The molecule has 6 nitrogen and oxygen atoms in total. The van der Waals surface area contributed by atoms with Gasteiger partial charge in [0.05, 0.1) is 6.61 Å². The number of amides is 1. The van der Waals surface area contributed by atoms with E-state index in [-0.39, 0.29) is 13.2 Å². The zero-order valence-electron chi connectivity index (χ0n) is 11.9. The SMILES string of the molecule is COCC1(C(=O)O)CCCN1C(=O)OCc1ccccc1. The van der Waals surface area contributed by atoms with Crippen LogP contribution in [0.25, 0.3) is 0 Å². The lowest BCUT2D eigenvalue weighted by molar-refractivity contribution is -0.152. The average Bonchev–Trinajstić information content (AvgIpc) is 2.91. The van der Waals surface area contributed by atoms with Crippen molar-refractivity contribution in [3.8, 4) is 0 Å². The first-order valence-corrected chi connectivity index (χ1v) is 6.81. The van der Waals surface area contributed by atoms with Gasteiger partial charge in [-0.15, -0.1) is 0 Å². The van der Waals surface area contributed by atoms with Crippen LogP contribution in [0.4, 0.5) is 4.79 Å². The number of carboxylic acid groups (broad SMARTS) is 1. The molecule has 0 bridgehead atoms. The number of hydrogen-bond donors (Lipinski definition) is 1. The quantitative estimate of drug-likeness (QED) is 0.897. The number of carbonyl (C=O) groups is 2. The minimum absolute atomic E-state index is 0.0389. The molecule has 1 heterocycles. The Labute approximate surface area is 123 Å². The minimum atomic E-state index is -1.32. The Kier molecular flexibility index (Phi) is 4.80. The Morgan fingerprint density at radius 3 is 2.67 bits per heavy atom. The maximum Gasteiger partial charge on any atom is 0.411 e. The summed E-state index contributed by atoms with van der Waals surface area (Å²) >= 11 is 0. The second kappa shape index (κ2) is 6.58. The molecule has 0 spiro atoms. The molecule has 21 heavy (non-hydrogen) atoms. The highest BCUT2D eigenvalue weighted by molar-refractivity contribution is 5.85. The number of methoxy groups -OCH3 is 1. The van der Waals surface area contributed by atoms with E-state index < -0.39 is 17.6 Å². The van der Waals surface area contributed by atoms with Crippen LogP contribution in [0.1, 0.15) is 18.4 Å². The first-order valence-electron chi connectivity index (χ1n) is 6.81. The van der Waals surface area contributed by atoms with E-state index in [1.807, 2.05) is 30.3 Å². The van der Waals surface area contributed by atoms with Crippen molar-refractivity contribution in [1.82, 2.24) is 4.90 Å². The highest BCUT2D eigenvalue weighted by atomic mass is 16.6. The molecule has 1 N–H and O–H groups in total. The van der Waals surface area contributed by atoms with Gasteiger partial charge in [0, 0.05) is 13.7 Å². The van der Waals surface area contributed by atoms with Crippen LogP contribution in [0.5, 0.6) is 0 Å². The smallest absolute Gasteiger partial charge is 0.411 e. The van der Waals surface area contributed by atoms with Gasteiger partial charge in [-0.25, -0.2) is 9.59 Å². The van der Waals surface area contributed by atoms with Crippen molar-refractivity contribution < 1.29 is 24.2 Å². The van der Waals surface area contributed by atoms with E-state index in [1.165, 1.54) is 12.0 Å². The average molecular weight is 293 g/mol. The van der Waals surface area contributed by atoms with Gasteiger partial charge < -0.3 is 14.6 Å². The standard InChI is InChI=1S/C15H19NO5/c1-20-11-15(13(17)18)8-5-9-16(15)14(19)21-10-12-6-3-2-4-7-12/h2-4,6-7H,5,8-11H2,1H3,(H,17,18). The Bertz CT molecular complexity index is 504. The lowest BCUT2D eigenvalue weighted by atomic mass is 9.98. The summed E-state index contributed by atoms with van der Waals surface area (Å²) < 4.78 is 10.2. The molecule has 1 aliphatic rings. The first kappa shape index (κ1) is 15.3. The summed E-state index contributed by atoms with van der Waals surface area (Å²) in [5, 5.41) is 9.47. The predicted molar refractivity (Wildman–Crippen MR) is 74.8 cm³/mol. The number of rotatable bonds is 5. The lowest BCUT2D eigenvalue weighted by Gasteiger charge is -2.33. The molecule has 1 aliphatic heterocycles. The second-order valence-electron chi connectivity index (χ2n) is 5.07. The molecule has 1 fully saturated rings. The van der Waals surface area contributed by atoms with Crippen molar-refractivity contribution in [3.63, 3.8) is 0 Å². The van der Waals surface area contributed by atoms with Crippen LogP contribution in [-0.4, -0.2) is 47.9 Å². The van der Waals surface area contributed by atoms with Gasteiger partial charge in [-0.1, -0.05) is 30.3 Å². The van der Waals surface area contributed by atoms with E-state index in [1.54, 1.807) is 0 Å². The Hall–Kier alpha value is -2.08. The Balaban J connectivity index is 2.05. The molecule has 1 aromatic carbocycles. The molecule has 0 saturated carbocycles. The number of ether oxygens (including phenoxy) is 2. The third-order valence-electron chi connectivity index (χ3n) is 3.70. The largest absolute Gasteiger partial charge is 0.479 e. The molecule has 114 valence electrons. The van der Waals surface area contributed by atoms with Gasteiger partial charge in [0.25, 0.3) is 0 Å². The van der Waals surface area contributed by atoms with Crippen LogP contribution in [0.2, 0.25) is 0 Å². The highest BCUT2D eigenvalue weighted by Crippen LogP contribution is 2.31. The topological polar surface area (TPSA) is 76.1 Å². The Morgan fingerprint density at radius 1 is 1.33 bits per heavy atom. The van der Waals surface area contributed by atoms with Crippen LogP contribution in [0, 0.1) is 0 Å². The second-order valence-corrected chi connectivity index (χ2v) is 5.07. The zero-order chi connectivity index (χ0) is 15.3. The fourth-order valence-corrected chi connectivity index (χ4v) is 2.61. The molecule has 1 aromatic rings. The molecule has 1 saturated heterocycles. The van der Waals surface area contributed by atoms with Crippen LogP contribution in [0.15, 0.2) is 30.3 Å². The highest BCUT2D eigenvalue weighted by Gasteiger charge is 2.51. The van der Waals surface area contributed by atoms with Crippen molar-refractivity contribution in [2.24, 2.45) is 0 Å². The number of carbonyl (C=O) groups excluding carboxylic acids is 1. The van der Waals surface area contributed by atoms with Crippen LogP contribution >= 0.6 is 0 Å². The predicted octanol–water partition coefficient (Wildman–Crippen LogP) is 1.89. The van der Waals surface area contributed by atoms with E-state index in [9.17, 15) is 14.7 Å². The van der Waals surface area contributed by atoms with E-state index in [4.69, 9.17) is 9.47 Å². The molecule has 0 radical (unpaired) electrons. The van der Waals surface area contributed by atoms with E-state index >= 15 is 0 Å². The summed E-state index contributed by atoms with van der Waals surface area (Å²) in [6.07, 6.45) is 0.378. The molecule has 2 rings (SSSR count). The van der Waals surface area contributed by atoms with E-state index in [0.29, 0.717) is 19.4 Å². The van der Waals surface area contributed by atoms with Crippen LogP contribution in [0.3, 0.4) is 0 Å². The van der Waals surface area contributed by atoms with E-state index in [0.717, 1.165) is 5.56 Å². The number of benzene rings is 1. The third-order valence-corrected chi connectivity index (χ3v) is 3.70. The first-order chi connectivity index (χ1) is 10.1. The van der Waals surface area contributed by atoms with Crippen molar-refractivity contribution in [2.45, 2.75) is 25.0 Å². The monoisotopic (exact) mass is 293 g/mol. The number of aliphatic carboxylic acids is 1. The number of hydrogen-bond acceptors (Lipinski definition) is 4. The van der Waals surface area contributed by atoms with Gasteiger partial charge in [0.1, 0.15) is 6.61 Å². The molecule has 1 unspecified atom stereocenters. The number of likely N-dealkylation sites (tertiary alicyclic amines) is 1. The molecule has 1 amide bonds. The fourth-order valence-electron chi connectivity index (χ4n) is 2.61. The Morgan fingerprint density at radius 2 is 2.05 bits per heavy atom. The number of carboxylic acids is 1. The summed E-state index contributed by atoms with van der Waals surface area (Å²) in [5.74, 6) is -1.06. The summed E-state index contributed by atoms with van der Waals surface area (Å²) in [6.45, 7) is 0.449. The summed E-state index contributed by atoms with van der Waals surface area (Å²) in [4.78, 5) is 25.0. The van der Waals surface area contributed by atoms with Gasteiger partial charge in [0.15, 0.2) is 5.54 Å². The van der Waals surface area contributed by atoms with Gasteiger partial charge in [-0.2, -0.15) is 0 Å². The minimum Gasteiger partial charge on any atom is -0.479 e. The molecule has 1 atom stereocenters. The molecular weight excluding hydrogens is 274 g/mol. The van der Waals surface area contributed by atoms with Gasteiger partial charge >= 0.3 is 12.1 Å². The normalized spacial score (nSPS) is 21.3. The summed E-state index contributed by atoms with van der Waals surface area (Å²) in [5.41, 5.74) is -0.458. The van der Waals surface area contributed by atoms with E-state index in [2.05, 4.69) is 0 Å². The zero-order valence-corrected chi connectivity index (χ0v) is 11.9. The molecule has 0 aliphatic carbocycles. The van der Waals surface area contributed by atoms with Crippen LogP contribution < -0.4 is 0 Å². The van der Waals surface area contributed by atoms with Crippen molar-refractivity contribution in [1.29, 1.82) is 0 Å². The fraction of sp³-hybridized carbons (Fsp3) is 0.467. The molecule has 0 aromatic heterocycles. The summed E-state index contributed by atoms with van der Waals surface area (Å²) in [6, 6.07) is 9.27. The third kappa shape index (κ3) is 3.16. The van der Waals surface area contributed by atoms with Crippen LogP contribution in [-0.2, 0) is 20.9 Å². The maximum atomic E-state index is 12.2. The molecule has 6 heteroatoms. The molecular formula is C15H19NO5. The summed E-state index contributed by atoms with van der Waals surface area (Å²) in [7, 11) is 1.43. The van der Waals surface area contributed by atoms with Gasteiger partial charge in [-0.3, -0.25) is 4.90 Å². The van der Waals surface area contributed by atoms with Crippen molar-refractivity contribution in [3.05, 3.63) is 35.9 Å². The van der Waals surface area contributed by atoms with Crippen molar-refractivity contribution in [2.75, 3.05) is 20.3 Å².